The third-order valence-electron chi connectivity index (χ3n) is 4.31. The number of methoxy groups -OCH3 is 1. The number of ether oxygens (including phenoxy) is 1. The van der Waals surface area contributed by atoms with E-state index in [2.05, 4.69) is 26.0 Å². The number of ketones is 1. The van der Waals surface area contributed by atoms with Crippen molar-refractivity contribution in [2.45, 2.75) is 57.5 Å². The molecule has 1 fully saturated rings. The lowest BCUT2D eigenvalue weighted by atomic mass is 9.79. The molecule has 19 heavy (non-hydrogen) atoms. The van der Waals surface area contributed by atoms with E-state index in [0.29, 0.717) is 5.92 Å². The highest BCUT2D eigenvalue weighted by molar-refractivity contribution is 6.02. The Labute approximate surface area is 116 Å². The second-order valence-electron chi connectivity index (χ2n) is 5.86. The molecule has 0 radical (unpaired) electrons. The molecule has 1 aliphatic carbocycles. The van der Waals surface area contributed by atoms with Gasteiger partial charge in [-0.1, -0.05) is 57.4 Å². The van der Waals surface area contributed by atoms with Gasteiger partial charge in [-0.3, -0.25) is 4.79 Å². The van der Waals surface area contributed by atoms with E-state index in [-0.39, 0.29) is 5.78 Å². The Morgan fingerprint density at radius 2 is 1.68 bits per heavy atom. The molecular formula is C17H24O2. The predicted molar refractivity (Wildman–Crippen MR) is 77.7 cm³/mol. The van der Waals surface area contributed by atoms with E-state index in [0.717, 1.165) is 31.2 Å². The van der Waals surface area contributed by atoms with Crippen LogP contribution in [0.2, 0.25) is 0 Å². The summed E-state index contributed by atoms with van der Waals surface area (Å²) in [7, 11) is 1.67. The summed E-state index contributed by atoms with van der Waals surface area (Å²) in [5.41, 5.74) is 1.48. The normalized spacial score (nSPS) is 18.5. The van der Waals surface area contributed by atoms with E-state index in [1.807, 2.05) is 12.1 Å². The van der Waals surface area contributed by atoms with Gasteiger partial charge in [0.25, 0.3) is 0 Å². The minimum absolute atomic E-state index is 0.157. The fourth-order valence-corrected chi connectivity index (χ4v) is 2.93. The average molecular weight is 260 g/mol. The molecule has 0 amide bonds. The van der Waals surface area contributed by atoms with Gasteiger partial charge in [0.05, 0.1) is 0 Å². The maximum Gasteiger partial charge on any atom is 0.194 e. The van der Waals surface area contributed by atoms with E-state index >= 15 is 0 Å². The summed E-state index contributed by atoms with van der Waals surface area (Å²) in [5.74, 6) is 0.653. The third-order valence-corrected chi connectivity index (χ3v) is 4.31. The summed E-state index contributed by atoms with van der Waals surface area (Å²) in [5, 5.41) is 0. The molecule has 0 saturated heterocycles. The van der Waals surface area contributed by atoms with Crippen LogP contribution in [0.25, 0.3) is 0 Å². The van der Waals surface area contributed by atoms with Crippen molar-refractivity contribution < 1.29 is 9.53 Å². The van der Waals surface area contributed by atoms with Gasteiger partial charge in [0.15, 0.2) is 5.78 Å². The number of benzene rings is 1. The van der Waals surface area contributed by atoms with Crippen LogP contribution in [-0.4, -0.2) is 18.5 Å². The molecule has 0 N–H and O–H groups in total. The van der Waals surface area contributed by atoms with Gasteiger partial charge in [0.1, 0.15) is 5.60 Å². The van der Waals surface area contributed by atoms with E-state index in [1.165, 1.54) is 12.0 Å². The first-order chi connectivity index (χ1) is 9.09. The zero-order valence-corrected chi connectivity index (χ0v) is 12.2. The van der Waals surface area contributed by atoms with Crippen LogP contribution in [0.5, 0.6) is 0 Å². The fraction of sp³-hybridized carbons (Fsp3) is 0.588. The van der Waals surface area contributed by atoms with Crippen molar-refractivity contribution >= 4 is 5.78 Å². The lowest BCUT2D eigenvalue weighted by Gasteiger charge is -2.34. The van der Waals surface area contributed by atoms with E-state index in [4.69, 9.17) is 4.74 Å². The van der Waals surface area contributed by atoms with Crippen molar-refractivity contribution in [1.29, 1.82) is 0 Å². The molecule has 0 bridgehead atoms. The van der Waals surface area contributed by atoms with Gasteiger partial charge in [-0.05, 0) is 24.3 Å². The van der Waals surface area contributed by atoms with Crippen LogP contribution >= 0.6 is 0 Å². The summed E-state index contributed by atoms with van der Waals surface area (Å²) in [6.07, 6.45) is 5.10. The summed E-state index contributed by atoms with van der Waals surface area (Å²) in [4.78, 5) is 12.7. The van der Waals surface area contributed by atoms with Crippen molar-refractivity contribution in [3.8, 4) is 0 Å². The number of Topliss-reactive ketones (excluding diaryl/α,β-unsaturated/α-hetero) is 1. The summed E-state index contributed by atoms with van der Waals surface area (Å²) in [6.45, 7) is 4.32. The van der Waals surface area contributed by atoms with Crippen molar-refractivity contribution in [2.24, 2.45) is 0 Å². The predicted octanol–water partition coefficient (Wildman–Crippen LogP) is 4.34. The van der Waals surface area contributed by atoms with Crippen molar-refractivity contribution in [3.63, 3.8) is 0 Å². The van der Waals surface area contributed by atoms with Gasteiger partial charge in [-0.25, -0.2) is 0 Å². The van der Waals surface area contributed by atoms with Gasteiger partial charge in [-0.2, -0.15) is 0 Å². The average Bonchev–Trinajstić information content (AvgIpc) is 2.47. The van der Waals surface area contributed by atoms with E-state index < -0.39 is 5.60 Å². The first kappa shape index (κ1) is 14.3. The number of rotatable bonds is 4. The molecule has 0 unspecified atom stereocenters. The van der Waals surface area contributed by atoms with Crippen molar-refractivity contribution in [2.75, 3.05) is 7.11 Å². The van der Waals surface area contributed by atoms with Gasteiger partial charge in [0.2, 0.25) is 0 Å². The highest BCUT2D eigenvalue weighted by Crippen LogP contribution is 2.34. The molecule has 0 atom stereocenters. The Morgan fingerprint density at radius 1 is 1.11 bits per heavy atom. The minimum atomic E-state index is -0.572. The first-order valence-electron chi connectivity index (χ1n) is 7.29. The van der Waals surface area contributed by atoms with Crippen LogP contribution in [0.3, 0.4) is 0 Å². The van der Waals surface area contributed by atoms with Crippen LogP contribution in [0.15, 0.2) is 24.3 Å². The fourth-order valence-electron chi connectivity index (χ4n) is 2.93. The van der Waals surface area contributed by atoms with Crippen LogP contribution < -0.4 is 0 Å². The van der Waals surface area contributed by atoms with E-state index in [1.54, 1.807) is 7.11 Å². The molecule has 2 rings (SSSR count). The smallest absolute Gasteiger partial charge is 0.194 e. The highest BCUT2D eigenvalue weighted by Gasteiger charge is 2.39. The first-order valence-corrected chi connectivity index (χ1v) is 7.29. The lowest BCUT2D eigenvalue weighted by Crippen LogP contribution is -2.42. The second-order valence-corrected chi connectivity index (χ2v) is 5.86. The maximum absolute atomic E-state index is 12.7. The summed E-state index contributed by atoms with van der Waals surface area (Å²) in [6, 6.07) is 8.02. The van der Waals surface area contributed by atoms with Gasteiger partial charge >= 0.3 is 0 Å². The number of carbonyl (C=O) groups is 1. The number of hydrogen-bond donors (Lipinski definition) is 0. The minimum Gasteiger partial charge on any atom is -0.370 e. The van der Waals surface area contributed by atoms with Crippen LogP contribution in [0.4, 0.5) is 0 Å². The Balaban J connectivity index is 2.22. The van der Waals surface area contributed by atoms with Crippen molar-refractivity contribution in [1.82, 2.24) is 0 Å². The second kappa shape index (κ2) is 5.87. The van der Waals surface area contributed by atoms with Gasteiger partial charge in [-0.15, -0.1) is 0 Å². The Hall–Kier alpha value is -1.15. The Kier molecular flexibility index (Phi) is 4.41. The Bertz CT molecular complexity index is 425. The van der Waals surface area contributed by atoms with E-state index in [9.17, 15) is 4.79 Å². The SMILES string of the molecule is COC1(C(=O)c2ccc(C(C)C)cc2)CCCCC1. The zero-order chi connectivity index (χ0) is 13.9. The van der Waals surface area contributed by atoms with Crippen LogP contribution in [0, 0.1) is 0 Å². The van der Waals surface area contributed by atoms with Crippen LogP contribution in [-0.2, 0) is 4.74 Å². The van der Waals surface area contributed by atoms with Gasteiger partial charge in [0, 0.05) is 12.7 Å². The topological polar surface area (TPSA) is 26.3 Å². The molecule has 1 aromatic rings. The molecule has 2 nitrogen and oxygen atoms in total. The molecule has 2 heteroatoms. The monoisotopic (exact) mass is 260 g/mol. The molecule has 0 heterocycles. The number of hydrogen-bond acceptors (Lipinski definition) is 2. The molecule has 1 aromatic carbocycles. The molecule has 104 valence electrons. The maximum atomic E-state index is 12.7. The standard InChI is InChI=1S/C17H24O2/c1-13(2)14-7-9-15(10-8-14)16(18)17(19-3)11-5-4-6-12-17/h7-10,13H,4-6,11-12H2,1-3H3. The molecule has 0 spiro atoms. The van der Waals surface area contributed by atoms with Gasteiger partial charge < -0.3 is 4.74 Å². The molecule has 1 aliphatic rings. The molecule has 0 aliphatic heterocycles. The molecule has 0 aromatic heterocycles. The molecular weight excluding hydrogens is 236 g/mol. The van der Waals surface area contributed by atoms with Crippen LogP contribution in [0.1, 0.15) is 67.8 Å². The quantitative estimate of drug-likeness (QED) is 0.753. The summed E-state index contributed by atoms with van der Waals surface area (Å²) < 4.78 is 5.62. The highest BCUT2D eigenvalue weighted by atomic mass is 16.5. The Morgan fingerprint density at radius 3 is 2.16 bits per heavy atom. The number of carbonyl (C=O) groups excluding carboxylic acids is 1. The van der Waals surface area contributed by atoms with Crippen molar-refractivity contribution in [3.05, 3.63) is 35.4 Å². The summed E-state index contributed by atoms with van der Waals surface area (Å²) >= 11 is 0. The molecule has 1 saturated carbocycles. The third kappa shape index (κ3) is 2.89. The largest absolute Gasteiger partial charge is 0.370 e. The zero-order valence-electron chi connectivity index (χ0n) is 12.2. The lowest BCUT2D eigenvalue weighted by molar-refractivity contribution is -0.0194.